The van der Waals surface area contributed by atoms with Crippen LogP contribution in [0.1, 0.15) is 19.3 Å². The van der Waals surface area contributed by atoms with Crippen LogP contribution in [0.25, 0.3) is 0 Å². The third-order valence-corrected chi connectivity index (χ3v) is 5.70. The number of fused-ring (bicyclic) bond motifs is 5. The molecule has 3 aliphatic carbocycles. The summed E-state index contributed by atoms with van der Waals surface area (Å²) in [5.74, 6) is 4.71. The zero-order valence-electron chi connectivity index (χ0n) is 12.5. The lowest BCUT2D eigenvalue weighted by Gasteiger charge is -2.13. The Hall–Kier alpha value is -1.71. The standard InChI is InChI=1S/C17H21NO3/c1-20-11-5-6-13(21-2)12(8-11)18-17(19)16-14-9-3-4-10(7-9)15(14)16/h5-6,8-10,14-16H,3-4,7H2,1-2H3,(H,18,19)/t9-,10-,14+,15+/m0/s1. The molecule has 0 aromatic heterocycles. The molecular weight excluding hydrogens is 266 g/mol. The van der Waals surface area contributed by atoms with Gasteiger partial charge in [0, 0.05) is 12.0 Å². The molecule has 0 unspecified atom stereocenters. The molecule has 0 aliphatic heterocycles. The zero-order valence-corrected chi connectivity index (χ0v) is 12.5. The maximum Gasteiger partial charge on any atom is 0.228 e. The van der Waals surface area contributed by atoms with Gasteiger partial charge in [0.25, 0.3) is 0 Å². The summed E-state index contributed by atoms with van der Waals surface area (Å²) in [6.45, 7) is 0. The van der Waals surface area contributed by atoms with Crippen molar-refractivity contribution in [3.05, 3.63) is 18.2 Å². The Morgan fingerprint density at radius 2 is 1.86 bits per heavy atom. The number of anilines is 1. The molecule has 4 nitrogen and oxygen atoms in total. The van der Waals surface area contributed by atoms with Gasteiger partial charge >= 0.3 is 0 Å². The van der Waals surface area contributed by atoms with E-state index in [9.17, 15) is 4.79 Å². The molecule has 4 rings (SSSR count). The van der Waals surface area contributed by atoms with Crippen LogP contribution in [-0.4, -0.2) is 20.1 Å². The van der Waals surface area contributed by atoms with Crippen molar-refractivity contribution in [1.82, 2.24) is 0 Å². The van der Waals surface area contributed by atoms with Gasteiger partial charge in [-0.05, 0) is 55.1 Å². The van der Waals surface area contributed by atoms with Crippen molar-refractivity contribution in [3.8, 4) is 11.5 Å². The van der Waals surface area contributed by atoms with Gasteiger partial charge in [-0.15, -0.1) is 0 Å². The number of ether oxygens (including phenoxy) is 2. The molecule has 1 N–H and O–H groups in total. The quantitative estimate of drug-likeness (QED) is 0.926. The van der Waals surface area contributed by atoms with Crippen molar-refractivity contribution in [2.75, 3.05) is 19.5 Å². The number of amides is 1. The van der Waals surface area contributed by atoms with Crippen LogP contribution >= 0.6 is 0 Å². The Labute approximate surface area is 124 Å². The fourth-order valence-electron chi connectivity index (χ4n) is 4.80. The second-order valence-corrected chi connectivity index (χ2v) is 6.57. The van der Waals surface area contributed by atoms with Crippen molar-refractivity contribution in [3.63, 3.8) is 0 Å². The van der Waals surface area contributed by atoms with E-state index in [1.54, 1.807) is 14.2 Å². The fraction of sp³-hybridized carbons (Fsp3) is 0.588. The summed E-state index contributed by atoms with van der Waals surface area (Å²) in [6.07, 6.45) is 4.03. The predicted molar refractivity (Wildman–Crippen MR) is 79.5 cm³/mol. The molecule has 1 amide bonds. The SMILES string of the molecule is COc1ccc(OC)c(NC(=O)C2[C@@H]3[C@H]4CC[C@@H](C4)[C@@H]23)c1. The summed E-state index contributed by atoms with van der Waals surface area (Å²) in [6, 6.07) is 5.48. The Kier molecular flexibility index (Phi) is 2.88. The Bertz CT molecular complexity index is 569. The van der Waals surface area contributed by atoms with Gasteiger partial charge in [-0.2, -0.15) is 0 Å². The molecule has 112 valence electrons. The van der Waals surface area contributed by atoms with Crippen LogP contribution in [0.15, 0.2) is 18.2 Å². The van der Waals surface area contributed by atoms with Crippen molar-refractivity contribution < 1.29 is 14.3 Å². The third kappa shape index (κ3) is 1.92. The van der Waals surface area contributed by atoms with E-state index in [4.69, 9.17) is 9.47 Å². The molecule has 2 bridgehead atoms. The number of rotatable bonds is 4. The molecule has 1 aromatic carbocycles. The summed E-state index contributed by atoms with van der Waals surface area (Å²) < 4.78 is 10.5. The molecule has 0 heterocycles. The van der Waals surface area contributed by atoms with Gasteiger partial charge < -0.3 is 14.8 Å². The van der Waals surface area contributed by atoms with Crippen LogP contribution in [-0.2, 0) is 4.79 Å². The highest BCUT2D eigenvalue weighted by Gasteiger charge is 2.67. The first-order valence-electron chi connectivity index (χ1n) is 7.76. The highest BCUT2D eigenvalue weighted by atomic mass is 16.5. The van der Waals surface area contributed by atoms with Gasteiger partial charge in [0.2, 0.25) is 5.91 Å². The molecule has 3 fully saturated rings. The van der Waals surface area contributed by atoms with Crippen LogP contribution < -0.4 is 14.8 Å². The van der Waals surface area contributed by atoms with E-state index >= 15 is 0 Å². The largest absolute Gasteiger partial charge is 0.497 e. The minimum atomic E-state index is 0.160. The predicted octanol–water partition coefficient (Wildman–Crippen LogP) is 2.93. The number of carbonyl (C=O) groups excluding carboxylic acids is 1. The highest BCUT2D eigenvalue weighted by molar-refractivity contribution is 5.96. The molecule has 21 heavy (non-hydrogen) atoms. The number of hydrogen-bond acceptors (Lipinski definition) is 3. The van der Waals surface area contributed by atoms with Crippen molar-refractivity contribution in [2.24, 2.45) is 29.6 Å². The zero-order chi connectivity index (χ0) is 14.6. The molecular formula is C17H21NO3. The van der Waals surface area contributed by atoms with E-state index in [-0.39, 0.29) is 11.8 Å². The number of methoxy groups -OCH3 is 2. The molecule has 3 aliphatic rings. The fourth-order valence-corrected chi connectivity index (χ4v) is 4.80. The average molecular weight is 287 g/mol. The van der Waals surface area contributed by atoms with Crippen LogP contribution in [0.4, 0.5) is 5.69 Å². The maximum atomic E-state index is 12.6. The molecule has 1 aromatic rings. The van der Waals surface area contributed by atoms with Gasteiger partial charge in [-0.3, -0.25) is 4.79 Å². The van der Waals surface area contributed by atoms with Crippen molar-refractivity contribution in [1.29, 1.82) is 0 Å². The normalized spacial score (nSPS) is 35.2. The minimum Gasteiger partial charge on any atom is -0.497 e. The molecule has 0 radical (unpaired) electrons. The monoisotopic (exact) mass is 287 g/mol. The summed E-state index contributed by atoms with van der Waals surface area (Å²) in [5.41, 5.74) is 0.708. The van der Waals surface area contributed by atoms with Crippen LogP contribution in [0.5, 0.6) is 11.5 Å². The average Bonchev–Trinajstić information content (AvgIpc) is 2.96. The smallest absolute Gasteiger partial charge is 0.228 e. The van der Waals surface area contributed by atoms with Crippen LogP contribution in [0, 0.1) is 29.6 Å². The lowest BCUT2D eigenvalue weighted by Crippen LogP contribution is -2.19. The summed E-state index contributed by atoms with van der Waals surface area (Å²) >= 11 is 0. The molecule has 4 heteroatoms. The molecule has 0 spiro atoms. The third-order valence-electron chi connectivity index (χ3n) is 5.70. The Morgan fingerprint density at radius 1 is 1.14 bits per heavy atom. The number of nitrogens with one attached hydrogen (secondary N) is 1. The van der Waals surface area contributed by atoms with Crippen LogP contribution in [0.2, 0.25) is 0 Å². The Morgan fingerprint density at radius 3 is 2.48 bits per heavy atom. The lowest BCUT2D eigenvalue weighted by molar-refractivity contribution is -0.118. The first kappa shape index (κ1) is 13.0. The lowest BCUT2D eigenvalue weighted by atomic mass is 10.0. The first-order valence-corrected chi connectivity index (χ1v) is 7.76. The molecule has 0 saturated heterocycles. The second kappa shape index (κ2) is 4.65. The summed E-state index contributed by atoms with van der Waals surface area (Å²) in [4.78, 5) is 12.6. The van der Waals surface area contributed by atoms with Gasteiger partial charge in [0.1, 0.15) is 11.5 Å². The molecule has 3 saturated carbocycles. The van der Waals surface area contributed by atoms with E-state index in [2.05, 4.69) is 5.32 Å². The van der Waals surface area contributed by atoms with Crippen molar-refractivity contribution in [2.45, 2.75) is 19.3 Å². The number of benzene rings is 1. The summed E-state index contributed by atoms with van der Waals surface area (Å²) in [7, 11) is 3.24. The number of hydrogen-bond donors (Lipinski definition) is 1. The van der Waals surface area contributed by atoms with Crippen LogP contribution in [0.3, 0.4) is 0 Å². The van der Waals surface area contributed by atoms with Gasteiger partial charge in [-0.25, -0.2) is 0 Å². The van der Waals surface area contributed by atoms with Gasteiger partial charge in [0.15, 0.2) is 0 Å². The second-order valence-electron chi connectivity index (χ2n) is 6.57. The first-order chi connectivity index (χ1) is 10.2. The maximum absolute atomic E-state index is 12.6. The number of carbonyl (C=O) groups is 1. The van der Waals surface area contributed by atoms with E-state index in [0.29, 0.717) is 23.3 Å². The topological polar surface area (TPSA) is 47.6 Å². The van der Waals surface area contributed by atoms with E-state index < -0.39 is 0 Å². The summed E-state index contributed by atoms with van der Waals surface area (Å²) in [5, 5.41) is 3.05. The van der Waals surface area contributed by atoms with Crippen molar-refractivity contribution >= 4 is 11.6 Å². The van der Waals surface area contributed by atoms with E-state index in [1.807, 2.05) is 18.2 Å². The minimum absolute atomic E-state index is 0.160. The molecule has 4 atom stereocenters. The van der Waals surface area contributed by atoms with Gasteiger partial charge in [-0.1, -0.05) is 0 Å². The highest BCUT2D eigenvalue weighted by Crippen LogP contribution is 2.69. The van der Waals surface area contributed by atoms with E-state index in [1.165, 1.54) is 19.3 Å². The van der Waals surface area contributed by atoms with Gasteiger partial charge in [0.05, 0.1) is 19.9 Å². The van der Waals surface area contributed by atoms with E-state index in [0.717, 1.165) is 17.6 Å². The Balaban J connectivity index is 1.50.